The molecule has 0 atom stereocenters. The maximum Gasteiger partial charge on any atom is 0.173 e. The van der Waals surface area contributed by atoms with Gasteiger partial charge in [0, 0.05) is 35.4 Å². The normalized spacial score (nSPS) is 14.8. The summed E-state index contributed by atoms with van der Waals surface area (Å²) in [7, 11) is 0. The number of H-pyrrole nitrogens is 1. The number of aromatic amines is 1. The molecule has 4 heteroatoms. The van der Waals surface area contributed by atoms with Gasteiger partial charge in [-0.25, -0.2) is 0 Å². The Morgan fingerprint density at radius 2 is 1.86 bits per heavy atom. The number of hydrogen-bond donors (Lipinski definition) is 2. The highest BCUT2D eigenvalue weighted by Crippen LogP contribution is 2.28. The molecular formula is C25H31N3S. The topological polar surface area (TPSA) is 31.1 Å². The molecule has 0 aliphatic heterocycles. The number of anilines is 1. The maximum absolute atomic E-state index is 6.01. The van der Waals surface area contributed by atoms with Crippen molar-refractivity contribution < 1.29 is 0 Å². The van der Waals surface area contributed by atoms with Crippen LogP contribution in [0.15, 0.2) is 48.7 Å². The minimum Gasteiger partial charge on any atom is -0.361 e. The van der Waals surface area contributed by atoms with E-state index in [4.69, 9.17) is 12.2 Å². The molecule has 1 fully saturated rings. The number of hydrogen-bond acceptors (Lipinski definition) is 1. The molecule has 3 nitrogen and oxygen atoms in total. The molecule has 1 aliphatic rings. The average Bonchev–Trinajstić information content (AvgIpc) is 3.17. The van der Waals surface area contributed by atoms with Gasteiger partial charge in [-0.3, -0.25) is 0 Å². The van der Waals surface area contributed by atoms with E-state index >= 15 is 0 Å². The fraction of sp³-hybridized carbons (Fsp3) is 0.400. The van der Waals surface area contributed by atoms with E-state index in [0.717, 1.165) is 18.1 Å². The number of nitrogens with zero attached hydrogens (tertiary/aromatic N) is 1. The average molecular weight is 406 g/mol. The van der Waals surface area contributed by atoms with Crippen molar-refractivity contribution in [1.82, 2.24) is 9.88 Å². The van der Waals surface area contributed by atoms with Crippen LogP contribution in [0, 0.1) is 6.92 Å². The summed E-state index contributed by atoms with van der Waals surface area (Å²) in [5.74, 6) is 0. The van der Waals surface area contributed by atoms with E-state index in [9.17, 15) is 0 Å². The maximum atomic E-state index is 6.01. The molecule has 2 aromatic carbocycles. The molecule has 29 heavy (non-hydrogen) atoms. The van der Waals surface area contributed by atoms with Crippen molar-refractivity contribution in [3.05, 3.63) is 65.4 Å². The lowest BCUT2D eigenvalue weighted by atomic mass is 9.94. The van der Waals surface area contributed by atoms with Crippen LogP contribution in [0.5, 0.6) is 0 Å². The zero-order valence-corrected chi connectivity index (χ0v) is 18.3. The molecule has 1 aromatic heterocycles. The Hall–Kier alpha value is -2.33. The standard InChI is InChI=1S/C25H31N3S/c1-3-19-11-9-10-18(2)24(19)27-25(29)28(21-12-5-4-6-13-21)17-20-16-26-23-15-8-7-14-22(20)23/h7-11,14-16,21,26H,3-6,12-13,17H2,1-2H3,(H,27,29). The molecule has 1 aliphatic carbocycles. The van der Waals surface area contributed by atoms with E-state index in [1.54, 1.807) is 0 Å². The zero-order chi connectivity index (χ0) is 20.2. The van der Waals surface area contributed by atoms with E-state index in [0.29, 0.717) is 6.04 Å². The fourth-order valence-electron chi connectivity index (χ4n) is 4.59. The van der Waals surface area contributed by atoms with E-state index in [-0.39, 0.29) is 0 Å². The van der Waals surface area contributed by atoms with Crippen molar-refractivity contribution in [1.29, 1.82) is 0 Å². The van der Waals surface area contributed by atoms with Crippen LogP contribution < -0.4 is 5.32 Å². The Morgan fingerprint density at radius 1 is 1.07 bits per heavy atom. The van der Waals surface area contributed by atoms with Crippen molar-refractivity contribution in [2.24, 2.45) is 0 Å². The summed E-state index contributed by atoms with van der Waals surface area (Å²) in [6.07, 6.45) is 9.52. The summed E-state index contributed by atoms with van der Waals surface area (Å²) in [4.78, 5) is 5.86. The van der Waals surface area contributed by atoms with Crippen LogP contribution in [-0.4, -0.2) is 21.0 Å². The van der Waals surface area contributed by atoms with Crippen molar-refractivity contribution in [3.8, 4) is 0 Å². The molecular weight excluding hydrogens is 374 g/mol. The highest BCUT2D eigenvalue weighted by Gasteiger charge is 2.25. The lowest BCUT2D eigenvalue weighted by molar-refractivity contribution is 0.241. The molecule has 0 amide bonds. The first-order chi connectivity index (χ1) is 14.2. The third-order valence-electron chi connectivity index (χ3n) is 6.26. The van der Waals surface area contributed by atoms with Gasteiger partial charge in [-0.1, -0.05) is 62.6 Å². The first-order valence-electron chi connectivity index (χ1n) is 10.9. The Kier molecular flexibility index (Phi) is 6.19. The summed E-state index contributed by atoms with van der Waals surface area (Å²) in [5.41, 5.74) is 6.26. The lowest BCUT2D eigenvalue weighted by Gasteiger charge is -2.36. The van der Waals surface area contributed by atoms with Crippen molar-refractivity contribution in [2.45, 2.75) is 65.0 Å². The monoisotopic (exact) mass is 405 g/mol. The second-order valence-electron chi connectivity index (χ2n) is 8.17. The number of thiocarbonyl (C=S) groups is 1. The second-order valence-corrected chi connectivity index (χ2v) is 8.56. The molecule has 3 aromatic rings. The van der Waals surface area contributed by atoms with Gasteiger partial charge in [-0.05, 0) is 61.2 Å². The Morgan fingerprint density at radius 3 is 2.66 bits per heavy atom. The largest absolute Gasteiger partial charge is 0.361 e. The molecule has 152 valence electrons. The summed E-state index contributed by atoms with van der Waals surface area (Å²) < 4.78 is 0. The lowest BCUT2D eigenvalue weighted by Crippen LogP contribution is -2.43. The first kappa shape index (κ1) is 20.0. The fourth-order valence-corrected chi connectivity index (χ4v) is 4.90. The highest BCUT2D eigenvalue weighted by atomic mass is 32.1. The smallest absolute Gasteiger partial charge is 0.173 e. The van der Waals surface area contributed by atoms with Crippen molar-refractivity contribution >= 4 is 33.9 Å². The number of fused-ring (bicyclic) bond motifs is 1. The number of rotatable bonds is 5. The van der Waals surface area contributed by atoms with E-state index in [1.807, 2.05) is 0 Å². The molecule has 0 radical (unpaired) electrons. The van der Waals surface area contributed by atoms with Crippen LogP contribution in [-0.2, 0) is 13.0 Å². The van der Waals surface area contributed by atoms with Gasteiger partial charge in [-0.2, -0.15) is 0 Å². The van der Waals surface area contributed by atoms with Gasteiger partial charge >= 0.3 is 0 Å². The minimum atomic E-state index is 0.506. The minimum absolute atomic E-state index is 0.506. The van der Waals surface area contributed by atoms with Crippen LogP contribution >= 0.6 is 12.2 Å². The third-order valence-corrected chi connectivity index (χ3v) is 6.60. The number of nitrogens with one attached hydrogen (secondary N) is 2. The second kappa shape index (κ2) is 9.00. The summed E-state index contributed by atoms with van der Waals surface area (Å²) >= 11 is 6.01. The Labute approximate surface area is 179 Å². The predicted molar refractivity (Wildman–Crippen MR) is 127 cm³/mol. The van der Waals surface area contributed by atoms with Gasteiger partial charge in [0.2, 0.25) is 0 Å². The van der Waals surface area contributed by atoms with Gasteiger partial charge in [0.05, 0.1) is 0 Å². The highest BCUT2D eigenvalue weighted by molar-refractivity contribution is 7.80. The number of para-hydroxylation sites is 2. The van der Waals surface area contributed by atoms with Gasteiger partial charge in [0.15, 0.2) is 5.11 Å². The molecule has 1 heterocycles. The summed E-state index contributed by atoms with van der Waals surface area (Å²) in [6, 6.07) is 15.5. The SMILES string of the molecule is CCc1cccc(C)c1NC(=S)N(Cc1c[nH]c2ccccc12)C1CCCCC1. The molecule has 0 unspecified atom stereocenters. The summed E-state index contributed by atoms with van der Waals surface area (Å²) in [6.45, 7) is 5.20. The number of aryl methyl sites for hydroxylation is 2. The van der Waals surface area contributed by atoms with Crippen LogP contribution in [0.2, 0.25) is 0 Å². The van der Waals surface area contributed by atoms with Gasteiger partial charge < -0.3 is 15.2 Å². The molecule has 0 bridgehead atoms. The van der Waals surface area contributed by atoms with Gasteiger partial charge in [0.25, 0.3) is 0 Å². The van der Waals surface area contributed by atoms with Crippen molar-refractivity contribution in [3.63, 3.8) is 0 Å². The molecule has 2 N–H and O–H groups in total. The van der Waals surface area contributed by atoms with Gasteiger partial charge in [0.1, 0.15) is 0 Å². The summed E-state index contributed by atoms with van der Waals surface area (Å²) in [5, 5.41) is 5.78. The van der Waals surface area contributed by atoms with E-state index < -0.39 is 0 Å². The van der Waals surface area contributed by atoms with Gasteiger partial charge in [-0.15, -0.1) is 0 Å². The molecule has 1 saturated carbocycles. The third kappa shape index (κ3) is 4.32. The van der Waals surface area contributed by atoms with Crippen molar-refractivity contribution in [2.75, 3.05) is 5.32 Å². The van der Waals surface area contributed by atoms with Crippen LogP contribution in [0.3, 0.4) is 0 Å². The molecule has 0 spiro atoms. The van der Waals surface area contributed by atoms with Crippen LogP contribution in [0.1, 0.15) is 55.7 Å². The number of aromatic nitrogens is 1. The predicted octanol–water partition coefficient (Wildman–Crippen LogP) is 6.57. The molecule has 4 rings (SSSR count). The Bertz CT molecular complexity index is 985. The zero-order valence-electron chi connectivity index (χ0n) is 17.5. The van der Waals surface area contributed by atoms with Crippen LogP contribution in [0.25, 0.3) is 10.9 Å². The molecule has 0 saturated heterocycles. The van der Waals surface area contributed by atoms with Crippen LogP contribution in [0.4, 0.5) is 5.69 Å². The van der Waals surface area contributed by atoms with E-state index in [1.165, 1.54) is 65.4 Å². The quantitative estimate of drug-likeness (QED) is 0.471. The number of benzene rings is 2. The first-order valence-corrected chi connectivity index (χ1v) is 11.3. The Balaban J connectivity index is 1.63. The van der Waals surface area contributed by atoms with E-state index in [2.05, 4.69) is 77.7 Å².